The normalized spacial score (nSPS) is 21.4. The number of nitrogens with zero attached hydrogens (tertiary/aromatic N) is 2. The smallest absolute Gasteiger partial charge is 0.135 e. The van der Waals surface area contributed by atoms with E-state index >= 15 is 0 Å². The molecule has 3 nitrogen and oxygen atoms in total. The number of imidazole rings is 1. The molecule has 1 fully saturated rings. The largest absolute Gasteiger partial charge is 0.358 e. The molecule has 1 unspecified atom stereocenters. The van der Waals surface area contributed by atoms with Crippen molar-refractivity contribution in [2.45, 2.75) is 25.5 Å². The molecule has 2 aromatic rings. The lowest BCUT2D eigenvalue weighted by atomic mass is 10.2. The van der Waals surface area contributed by atoms with E-state index in [1.165, 1.54) is 12.8 Å². The third kappa shape index (κ3) is 1.76. The van der Waals surface area contributed by atoms with Crippen molar-refractivity contribution in [1.82, 2.24) is 9.55 Å². The van der Waals surface area contributed by atoms with Crippen molar-refractivity contribution in [2.24, 2.45) is 0 Å². The molecule has 1 aromatic heterocycles. The highest BCUT2D eigenvalue weighted by Gasteiger charge is 2.17. The molecular weight excluding hydrogens is 268 g/mol. The average molecular weight is 281 g/mol. The lowest BCUT2D eigenvalue weighted by Gasteiger charge is -2.24. The predicted molar refractivity (Wildman–Crippen MR) is 66.3 cm³/mol. The van der Waals surface area contributed by atoms with Gasteiger partial charge in [-0.25, -0.2) is 4.98 Å². The van der Waals surface area contributed by atoms with Gasteiger partial charge in [-0.3, -0.25) is 0 Å². The number of halogens is 1. The van der Waals surface area contributed by atoms with Crippen molar-refractivity contribution in [3.8, 4) is 0 Å². The number of fused-ring (bicyclic) bond motifs is 1. The fourth-order valence-electron chi connectivity index (χ4n) is 2.17. The maximum absolute atomic E-state index is 5.78. The van der Waals surface area contributed by atoms with Crippen LogP contribution in [0, 0.1) is 0 Å². The molecule has 1 atom stereocenters. The summed E-state index contributed by atoms with van der Waals surface area (Å²) in [5.74, 6) is 0. The van der Waals surface area contributed by atoms with Gasteiger partial charge in [0.2, 0.25) is 0 Å². The molecule has 1 aromatic carbocycles. The van der Waals surface area contributed by atoms with Gasteiger partial charge in [-0.15, -0.1) is 0 Å². The predicted octanol–water partition coefficient (Wildman–Crippen LogP) is 3.50. The molecule has 84 valence electrons. The third-order valence-corrected chi connectivity index (χ3v) is 3.50. The number of ether oxygens (including phenoxy) is 1. The van der Waals surface area contributed by atoms with Gasteiger partial charge >= 0.3 is 0 Å². The summed E-state index contributed by atoms with van der Waals surface area (Å²) in [5.41, 5.74) is 2.17. The lowest BCUT2D eigenvalue weighted by molar-refractivity contribution is -0.0295. The second kappa shape index (κ2) is 4.18. The Morgan fingerprint density at radius 1 is 1.38 bits per heavy atom. The quantitative estimate of drug-likeness (QED) is 0.800. The molecule has 1 aliphatic heterocycles. The van der Waals surface area contributed by atoms with E-state index in [1.807, 2.05) is 18.5 Å². The number of aromatic nitrogens is 2. The van der Waals surface area contributed by atoms with Crippen LogP contribution in [0.3, 0.4) is 0 Å². The molecular formula is C12H13BrN2O. The van der Waals surface area contributed by atoms with E-state index < -0.39 is 0 Å². The number of rotatable bonds is 1. The summed E-state index contributed by atoms with van der Waals surface area (Å²) in [6.07, 6.45) is 5.53. The van der Waals surface area contributed by atoms with Gasteiger partial charge in [0.25, 0.3) is 0 Å². The van der Waals surface area contributed by atoms with Crippen molar-refractivity contribution < 1.29 is 4.74 Å². The second-order valence-corrected chi connectivity index (χ2v) is 5.02. The van der Waals surface area contributed by atoms with Crippen molar-refractivity contribution in [3.05, 3.63) is 29.0 Å². The summed E-state index contributed by atoms with van der Waals surface area (Å²) in [5, 5.41) is 0. The number of hydrogen-bond acceptors (Lipinski definition) is 2. The zero-order valence-corrected chi connectivity index (χ0v) is 10.5. The van der Waals surface area contributed by atoms with Gasteiger partial charge in [-0.05, 0) is 37.5 Å². The van der Waals surface area contributed by atoms with Crippen LogP contribution in [-0.2, 0) is 4.74 Å². The summed E-state index contributed by atoms with van der Waals surface area (Å²) >= 11 is 3.49. The maximum atomic E-state index is 5.78. The zero-order valence-electron chi connectivity index (χ0n) is 8.90. The fraction of sp³-hybridized carbons (Fsp3) is 0.417. The van der Waals surface area contributed by atoms with Crippen LogP contribution in [-0.4, -0.2) is 16.2 Å². The molecule has 0 radical (unpaired) electrons. The summed E-state index contributed by atoms with van der Waals surface area (Å²) in [4.78, 5) is 4.40. The van der Waals surface area contributed by atoms with Gasteiger partial charge in [0.05, 0.1) is 17.4 Å². The molecule has 3 rings (SSSR count). The van der Waals surface area contributed by atoms with Gasteiger partial charge in [-0.2, -0.15) is 0 Å². The molecule has 0 amide bonds. The Morgan fingerprint density at radius 3 is 3.12 bits per heavy atom. The first kappa shape index (κ1) is 10.3. The molecule has 0 spiro atoms. The van der Waals surface area contributed by atoms with E-state index in [0.29, 0.717) is 0 Å². The van der Waals surface area contributed by atoms with Crippen LogP contribution >= 0.6 is 15.9 Å². The highest BCUT2D eigenvalue weighted by Crippen LogP contribution is 2.27. The van der Waals surface area contributed by atoms with Gasteiger partial charge in [0.1, 0.15) is 6.23 Å². The topological polar surface area (TPSA) is 27.1 Å². The van der Waals surface area contributed by atoms with Crippen LogP contribution < -0.4 is 0 Å². The van der Waals surface area contributed by atoms with Gasteiger partial charge in [-0.1, -0.05) is 15.9 Å². The van der Waals surface area contributed by atoms with E-state index in [0.717, 1.165) is 28.5 Å². The number of hydrogen-bond donors (Lipinski definition) is 0. The Kier molecular flexibility index (Phi) is 2.69. The first-order valence-corrected chi connectivity index (χ1v) is 6.37. The van der Waals surface area contributed by atoms with Crippen LogP contribution in [0.1, 0.15) is 25.5 Å². The molecule has 16 heavy (non-hydrogen) atoms. The average Bonchev–Trinajstić information content (AvgIpc) is 2.73. The van der Waals surface area contributed by atoms with Crippen LogP contribution in [0.5, 0.6) is 0 Å². The monoisotopic (exact) mass is 280 g/mol. The SMILES string of the molecule is Brc1ccc2ncn(C3CCCCO3)c2c1. The first-order chi connectivity index (χ1) is 7.84. The van der Waals surface area contributed by atoms with Crippen molar-refractivity contribution in [1.29, 1.82) is 0 Å². The highest BCUT2D eigenvalue weighted by molar-refractivity contribution is 9.10. The van der Waals surface area contributed by atoms with Crippen LogP contribution in [0.4, 0.5) is 0 Å². The van der Waals surface area contributed by atoms with Gasteiger partial charge < -0.3 is 9.30 Å². The summed E-state index contributed by atoms with van der Waals surface area (Å²) in [7, 11) is 0. The van der Waals surface area contributed by atoms with E-state index in [2.05, 4.69) is 31.5 Å². The Morgan fingerprint density at radius 2 is 2.31 bits per heavy atom. The summed E-state index contributed by atoms with van der Waals surface area (Å²) < 4.78 is 9.00. The summed E-state index contributed by atoms with van der Waals surface area (Å²) in [6.45, 7) is 0.859. The molecule has 1 saturated heterocycles. The summed E-state index contributed by atoms with van der Waals surface area (Å²) in [6, 6.07) is 6.14. The Balaban J connectivity index is 2.05. The zero-order chi connectivity index (χ0) is 11.0. The molecule has 4 heteroatoms. The van der Waals surface area contributed by atoms with Crippen LogP contribution in [0.15, 0.2) is 29.0 Å². The lowest BCUT2D eigenvalue weighted by Crippen LogP contribution is -2.17. The maximum Gasteiger partial charge on any atom is 0.135 e. The Hall–Kier alpha value is -0.870. The molecule has 2 heterocycles. The molecule has 1 aliphatic rings. The standard InChI is InChI=1S/C12H13BrN2O/c13-9-4-5-10-11(7-9)15(8-14-10)12-3-1-2-6-16-12/h4-5,7-8,12H,1-3,6H2. The van der Waals surface area contributed by atoms with Crippen LogP contribution in [0.25, 0.3) is 11.0 Å². The first-order valence-electron chi connectivity index (χ1n) is 5.58. The van der Waals surface area contributed by atoms with E-state index in [-0.39, 0.29) is 6.23 Å². The van der Waals surface area contributed by atoms with Crippen molar-refractivity contribution in [3.63, 3.8) is 0 Å². The molecule has 0 bridgehead atoms. The third-order valence-electron chi connectivity index (χ3n) is 3.00. The van der Waals surface area contributed by atoms with E-state index in [9.17, 15) is 0 Å². The highest BCUT2D eigenvalue weighted by atomic mass is 79.9. The minimum absolute atomic E-state index is 0.160. The minimum Gasteiger partial charge on any atom is -0.358 e. The molecule has 0 saturated carbocycles. The van der Waals surface area contributed by atoms with E-state index in [4.69, 9.17) is 4.74 Å². The minimum atomic E-state index is 0.160. The Labute approximate surface area is 103 Å². The second-order valence-electron chi connectivity index (χ2n) is 4.11. The molecule has 0 aliphatic carbocycles. The Bertz CT molecular complexity index is 503. The van der Waals surface area contributed by atoms with Gasteiger partial charge in [0.15, 0.2) is 0 Å². The fourth-order valence-corrected chi connectivity index (χ4v) is 2.52. The number of benzene rings is 1. The van der Waals surface area contributed by atoms with E-state index in [1.54, 1.807) is 0 Å². The molecule has 0 N–H and O–H groups in total. The van der Waals surface area contributed by atoms with Crippen molar-refractivity contribution >= 4 is 27.0 Å². The van der Waals surface area contributed by atoms with Crippen LogP contribution in [0.2, 0.25) is 0 Å². The van der Waals surface area contributed by atoms with Crippen molar-refractivity contribution in [2.75, 3.05) is 6.61 Å². The van der Waals surface area contributed by atoms with Gasteiger partial charge in [0, 0.05) is 11.1 Å².